The number of amides is 2. The molecule has 7 nitrogen and oxygen atoms in total. The molecule has 1 atom stereocenters. The Kier molecular flexibility index (Phi) is 7.38. The molecule has 0 bridgehead atoms. The molecule has 1 saturated heterocycles. The van der Waals surface area contributed by atoms with Crippen LogP contribution in [0, 0.1) is 13.0 Å². The molecule has 1 radical (unpaired) electrons. The van der Waals surface area contributed by atoms with Crippen molar-refractivity contribution in [2.75, 3.05) is 50.1 Å². The molecule has 7 heteroatoms. The smallest absolute Gasteiger partial charge is 0.255 e. The minimum atomic E-state index is -0.680. The van der Waals surface area contributed by atoms with Crippen molar-refractivity contribution in [3.63, 3.8) is 0 Å². The van der Waals surface area contributed by atoms with E-state index in [-0.39, 0.29) is 5.91 Å². The lowest BCUT2D eigenvalue weighted by atomic mass is 9.91. The van der Waals surface area contributed by atoms with E-state index in [1.165, 1.54) is 11.3 Å². The molecule has 0 spiro atoms. The summed E-state index contributed by atoms with van der Waals surface area (Å²) in [4.78, 5) is 34.5. The van der Waals surface area contributed by atoms with Crippen LogP contribution in [-0.2, 0) is 24.3 Å². The van der Waals surface area contributed by atoms with E-state index in [2.05, 4.69) is 64.1 Å². The number of carbonyl (C=O) groups excluding carboxylic acids is 2. The van der Waals surface area contributed by atoms with Gasteiger partial charge in [-0.3, -0.25) is 9.59 Å². The highest BCUT2D eigenvalue weighted by atomic mass is 16.2. The maximum Gasteiger partial charge on any atom is 0.255 e. The number of nitrogens with two attached hydrogens (primary N) is 1. The van der Waals surface area contributed by atoms with Crippen LogP contribution in [0.25, 0.3) is 0 Å². The Morgan fingerprint density at radius 1 is 1.00 bits per heavy atom. The second kappa shape index (κ2) is 10.9. The van der Waals surface area contributed by atoms with Crippen LogP contribution in [0.2, 0.25) is 0 Å². The maximum atomic E-state index is 13.6. The van der Waals surface area contributed by atoms with Gasteiger partial charge < -0.3 is 25.3 Å². The number of rotatable bonds is 7. The van der Waals surface area contributed by atoms with E-state index in [1.54, 1.807) is 11.0 Å². The number of primary amides is 1. The Bertz CT molecular complexity index is 1330. The largest absolute Gasteiger partial charge is 0.368 e. The summed E-state index contributed by atoms with van der Waals surface area (Å²) < 4.78 is 0. The van der Waals surface area contributed by atoms with Gasteiger partial charge in [0.25, 0.3) is 5.91 Å². The third-order valence-electron chi connectivity index (χ3n) is 7.55. The number of fused-ring (bicyclic) bond motifs is 1. The Hall–Kier alpha value is -3.84. The van der Waals surface area contributed by atoms with E-state index in [0.29, 0.717) is 18.5 Å². The molecule has 2 aliphatic heterocycles. The van der Waals surface area contributed by atoms with Gasteiger partial charge in [-0.25, -0.2) is 0 Å². The second-order valence-corrected chi connectivity index (χ2v) is 10.6. The van der Waals surface area contributed by atoms with E-state index in [4.69, 9.17) is 5.73 Å². The fraction of sp³-hybridized carbons (Fsp3) is 0.355. The fourth-order valence-corrected chi connectivity index (χ4v) is 5.62. The average molecular weight is 511 g/mol. The molecule has 2 amide bonds. The van der Waals surface area contributed by atoms with Crippen molar-refractivity contribution >= 4 is 23.2 Å². The van der Waals surface area contributed by atoms with Gasteiger partial charge in [0.1, 0.15) is 6.04 Å². The molecule has 2 aliphatic rings. The number of anilines is 2. The molecule has 0 aliphatic carbocycles. The van der Waals surface area contributed by atoms with Gasteiger partial charge >= 0.3 is 0 Å². The number of hydrogen-bond donors (Lipinski definition) is 1. The highest BCUT2D eigenvalue weighted by Crippen LogP contribution is 2.30. The van der Waals surface area contributed by atoms with Crippen molar-refractivity contribution in [1.82, 2.24) is 9.80 Å². The summed E-state index contributed by atoms with van der Waals surface area (Å²) in [6, 6.07) is 23.1. The van der Waals surface area contributed by atoms with Crippen LogP contribution in [0.1, 0.15) is 32.6 Å². The fourth-order valence-electron chi connectivity index (χ4n) is 5.62. The lowest BCUT2D eigenvalue weighted by Crippen LogP contribution is -2.52. The van der Waals surface area contributed by atoms with Gasteiger partial charge in [0, 0.05) is 68.7 Å². The quantitative estimate of drug-likeness (QED) is 0.528. The Labute approximate surface area is 225 Å². The van der Waals surface area contributed by atoms with Crippen LogP contribution in [0.4, 0.5) is 11.4 Å². The molecule has 1 fully saturated rings. The average Bonchev–Trinajstić information content (AvgIpc) is 2.90. The van der Waals surface area contributed by atoms with Crippen molar-refractivity contribution < 1.29 is 9.59 Å². The van der Waals surface area contributed by atoms with Gasteiger partial charge in [-0.2, -0.15) is 0 Å². The van der Waals surface area contributed by atoms with Gasteiger partial charge in [-0.15, -0.1) is 0 Å². The number of nitrogens with zero attached hydrogens (tertiary/aromatic N) is 4. The molecular weight excluding hydrogens is 474 g/mol. The molecular formula is C31H36N5O2. The van der Waals surface area contributed by atoms with Crippen molar-refractivity contribution in [3.8, 4) is 0 Å². The first kappa shape index (κ1) is 25.8. The Balaban J connectivity index is 1.33. The van der Waals surface area contributed by atoms with Gasteiger partial charge in [-0.1, -0.05) is 42.5 Å². The summed E-state index contributed by atoms with van der Waals surface area (Å²) in [6.45, 7) is 6.86. The molecule has 2 heterocycles. The van der Waals surface area contributed by atoms with Crippen LogP contribution in [-0.4, -0.2) is 67.9 Å². The highest BCUT2D eigenvalue weighted by Gasteiger charge is 2.36. The second-order valence-electron chi connectivity index (χ2n) is 10.6. The molecule has 2 N–H and O–H groups in total. The minimum Gasteiger partial charge on any atom is -0.368 e. The third-order valence-corrected chi connectivity index (χ3v) is 7.55. The van der Waals surface area contributed by atoms with Crippen LogP contribution in [0.3, 0.4) is 0 Å². The topological polar surface area (TPSA) is 73.1 Å². The number of hydrogen-bond acceptors (Lipinski definition) is 5. The van der Waals surface area contributed by atoms with Crippen LogP contribution in [0.15, 0.2) is 60.7 Å². The lowest BCUT2D eigenvalue weighted by Gasteiger charge is -2.39. The van der Waals surface area contributed by atoms with E-state index < -0.39 is 11.9 Å². The number of carbonyl (C=O) groups is 2. The first-order valence-electron chi connectivity index (χ1n) is 13.2. The van der Waals surface area contributed by atoms with Crippen molar-refractivity contribution in [2.24, 2.45) is 5.73 Å². The molecule has 1 unspecified atom stereocenters. The molecule has 38 heavy (non-hydrogen) atoms. The molecule has 3 aromatic rings. The summed E-state index contributed by atoms with van der Waals surface area (Å²) >= 11 is 0. The lowest BCUT2D eigenvalue weighted by molar-refractivity contribution is -0.122. The SMILES string of the molecule is Cc1ccccc1N1CCN(c2[c]cc3c(c2)CC(C(N)=O)N(Cc2cccc(CN(C)C)c2)C3=O)CC1. The number of para-hydroxylation sites is 1. The third kappa shape index (κ3) is 5.38. The van der Waals surface area contributed by atoms with Crippen LogP contribution in [0.5, 0.6) is 0 Å². The van der Waals surface area contributed by atoms with Crippen LogP contribution < -0.4 is 15.5 Å². The van der Waals surface area contributed by atoms with Gasteiger partial charge in [0.2, 0.25) is 5.91 Å². The monoisotopic (exact) mass is 510 g/mol. The zero-order valence-electron chi connectivity index (χ0n) is 22.5. The summed E-state index contributed by atoms with van der Waals surface area (Å²) in [5.41, 5.74) is 13.0. The zero-order chi connectivity index (χ0) is 26.8. The number of benzene rings is 3. The standard InChI is InChI=1S/C31H36N5O2/c1-22-7-4-5-10-28(22)35-15-13-34(14-16-35)26-11-12-27-25(18-26)19-29(30(32)37)36(31(27)38)21-24-9-6-8-23(17-24)20-33(2)3/h4-10,12,17-18,29H,13-16,19-21H2,1-3H3,(H2,32,37). The van der Waals surface area contributed by atoms with E-state index in [9.17, 15) is 9.59 Å². The predicted octanol–water partition coefficient (Wildman–Crippen LogP) is 3.24. The maximum absolute atomic E-state index is 13.6. The van der Waals surface area contributed by atoms with Crippen molar-refractivity contribution in [1.29, 1.82) is 0 Å². The predicted molar refractivity (Wildman–Crippen MR) is 151 cm³/mol. The Morgan fingerprint density at radius 2 is 1.71 bits per heavy atom. The van der Waals surface area contributed by atoms with Gasteiger partial charge in [-0.05, 0) is 61.5 Å². The zero-order valence-corrected chi connectivity index (χ0v) is 22.5. The Morgan fingerprint density at radius 3 is 2.42 bits per heavy atom. The summed E-state index contributed by atoms with van der Waals surface area (Å²) in [5.74, 6) is -0.644. The van der Waals surface area contributed by atoms with E-state index in [1.807, 2.05) is 32.3 Å². The molecule has 197 valence electrons. The van der Waals surface area contributed by atoms with Gasteiger partial charge in [0.15, 0.2) is 0 Å². The highest BCUT2D eigenvalue weighted by molar-refractivity contribution is 6.01. The first-order chi connectivity index (χ1) is 18.3. The first-order valence-corrected chi connectivity index (χ1v) is 13.2. The molecule has 3 aromatic carbocycles. The van der Waals surface area contributed by atoms with Crippen molar-refractivity contribution in [3.05, 3.63) is 94.5 Å². The number of aryl methyl sites for hydroxylation is 1. The summed E-state index contributed by atoms with van der Waals surface area (Å²) in [6.07, 6.45) is 0.415. The van der Waals surface area contributed by atoms with Crippen LogP contribution >= 0.6 is 0 Å². The summed E-state index contributed by atoms with van der Waals surface area (Å²) in [7, 11) is 4.05. The minimum absolute atomic E-state index is 0.166. The van der Waals surface area contributed by atoms with E-state index in [0.717, 1.165) is 55.1 Å². The number of piperazine rings is 1. The van der Waals surface area contributed by atoms with E-state index >= 15 is 0 Å². The molecule has 0 saturated carbocycles. The molecule has 5 rings (SSSR count). The van der Waals surface area contributed by atoms with Crippen molar-refractivity contribution in [2.45, 2.75) is 32.5 Å². The van der Waals surface area contributed by atoms with Gasteiger partial charge in [0.05, 0.1) is 0 Å². The normalized spacial score (nSPS) is 17.6. The summed E-state index contributed by atoms with van der Waals surface area (Å²) in [5, 5.41) is 0. The molecule has 0 aromatic heterocycles.